The maximum absolute atomic E-state index is 13.5. The molecule has 1 unspecified atom stereocenters. The number of ketones is 1. The Balaban J connectivity index is 1.54. The minimum Gasteiger partial charge on any atom is -0.369 e. The molecule has 1 saturated heterocycles. The minimum absolute atomic E-state index is 0.0146. The third kappa shape index (κ3) is 5.62. The second-order valence-electron chi connectivity index (χ2n) is 8.09. The van der Waals surface area contributed by atoms with Crippen LogP contribution in [0.5, 0.6) is 0 Å². The van der Waals surface area contributed by atoms with Crippen LogP contribution < -0.4 is 15.5 Å². The summed E-state index contributed by atoms with van der Waals surface area (Å²) in [6, 6.07) is 26.4. The molecule has 1 amide bonds. The number of amides is 1. The van der Waals surface area contributed by atoms with E-state index in [4.69, 9.17) is 0 Å². The number of anilines is 1. The Bertz CT molecular complexity index is 1030. The highest BCUT2D eigenvalue weighted by molar-refractivity contribution is 5.98. The molecule has 0 spiro atoms. The molecule has 164 valence electrons. The van der Waals surface area contributed by atoms with Gasteiger partial charge in [0, 0.05) is 43.9 Å². The van der Waals surface area contributed by atoms with Crippen molar-refractivity contribution in [3.05, 3.63) is 102 Å². The molecular formula is C27H29N3O2. The zero-order valence-corrected chi connectivity index (χ0v) is 18.2. The van der Waals surface area contributed by atoms with Gasteiger partial charge < -0.3 is 15.5 Å². The number of nitrogens with one attached hydrogen (secondary N) is 2. The van der Waals surface area contributed by atoms with Crippen LogP contribution in [-0.4, -0.2) is 43.9 Å². The molecule has 0 aliphatic carbocycles. The summed E-state index contributed by atoms with van der Waals surface area (Å²) in [6.45, 7) is 3.71. The zero-order chi connectivity index (χ0) is 22.2. The second kappa shape index (κ2) is 10.7. The van der Waals surface area contributed by atoms with Gasteiger partial charge in [0.15, 0.2) is 5.78 Å². The molecule has 1 atom stereocenters. The van der Waals surface area contributed by atoms with E-state index in [9.17, 15) is 9.59 Å². The highest BCUT2D eigenvalue weighted by atomic mass is 16.2. The molecule has 5 nitrogen and oxygen atoms in total. The van der Waals surface area contributed by atoms with Crippen LogP contribution in [0.25, 0.3) is 0 Å². The van der Waals surface area contributed by atoms with Crippen molar-refractivity contribution in [2.24, 2.45) is 0 Å². The maximum Gasteiger partial charge on any atom is 0.251 e. The van der Waals surface area contributed by atoms with Crippen molar-refractivity contribution in [2.75, 3.05) is 31.1 Å². The van der Waals surface area contributed by atoms with Crippen molar-refractivity contribution in [1.82, 2.24) is 10.6 Å². The highest BCUT2D eigenvalue weighted by Crippen LogP contribution is 2.22. The number of para-hydroxylation sites is 1. The molecule has 3 aromatic carbocycles. The maximum atomic E-state index is 13.5. The molecular weight excluding hydrogens is 398 g/mol. The quantitative estimate of drug-likeness (QED) is 0.579. The molecule has 1 aliphatic heterocycles. The first-order chi connectivity index (χ1) is 15.7. The van der Waals surface area contributed by atoms with Crippen LogP contribution in [0.1, 0.15) is 21.5 Å². The number of carbonyl (C=O) groups is 2. The predicted molar refractivity (Wildman–Crippen MR) is 128 cm³/mol. The molecule has 1 aliphatic rings. The first kappa shape index (κ1) is 21.8. The van der Waals surface area contributed by atoms with E-state index in [1.807, 2.05) is 66.7 Å². The van der Waals surface area contributed by atoms with E-state index in [2.05, 4.69) is 21.6 Å². The summed E-state index contributed by atoms with van der Waals surface area (Å²) in [6.07, 6.45) is 0.751. The molecule has 0 saturated carbocycles. The number of Topliss-reactive ketones (excluding diaryl/α,β-unsaturated/α-hetero) is 1. The van der Waals surface area contributed by atoms with Crippen LogP contribution >= 0.6 is 0 Å². The van der Waals surface area contributed by atoms with Crippen molar-refractivity contribution in [2.45, 2.75) is 18.9 Å². The molecule has 5 heteroatoms. The molecule has 0 aromatic heterocycles. The largest absolute Gasteiger partial charge is 0.369 e. The highest BCUT2D eigenvalue weighted by Gasteiger charge is 2.24. The van der Waals surface area contributed by atoms with Crippen molar-refractivity contribution >= 4 is 17.4 Å². The molecule has 1 fully saturated rings. The van der Waals surface area contributed by atoms with Gasteiger partial charge in [-0.2, -0.15) is 0 Å². The van der Waals surface area contributed by atoms with Crippen molar-refractivity contribution < 1.29 is 9.59 Å². The number of nitrogens with zero attached hydrogens (tertiary/aromatic N) is 1. The fourth-order valence-electron chi connectivity index (χ4n) is 4.11. The van der Waals surface area contributed by atoms with E-state index < -0.39 is 6.04 Å². The molecule has 2 N–H and O–H groups in total. The lowest BCUT2D eigenvalue weighted by molar-refractivity contribution is -0.120. The van der Waals surface area contributed by atoms with Crippen LogP contribution in [0.2, 0.25) is 0 Å². The Morgan fingerprint density at radius 3 is 2.19 bits per heavy atom. The SMILES string of the molecule is O=C(NC(Cc1ccccc1)C(=O)Cc1ccccc1N1CCNCC1)c1ccccc1. The first-order valence-electron chi connectivity index (χ1n) is 11.2. The van der Waals surface area contributed by atoms with Gasteiger partial charge in [-0.1, -0.05) is 66.7 Å². The number of piperazine rings is 1. The fourth-order valence-corrected chi connectivity index (χ4v) is 4.11. The van der Waals surface area contributed by atoms with Gasteiger partial charge in [0.05, 0.1) is 6.04 Å². The van der Waals surface area contributed by atoms with E-state index in [1.54, 1.807) is 12.1 Å². The molecule has 0 radical (unpaired) electrons. The Hall–Kier alpha value is -3.44. The average Bonchev–Trinajstić information content (AvgIpc) is 2.85. The summed E-state index contributed by atoms with van der Waals surface area (Å²) in [5.74, 6) is -0.212. The summed E-state index contributed by atoms with van der Waals surface area (Å²) in [5, 5.41) is 6.36. The Labute approximate surface area is 189 Å². The third-order valence-corrected chi connectivity index (χ3v) is 5.83. The summed E-state index contributed by atoms with van der Waals surface area (Å²) in [4.78, 5) is 28.6. The second-order valence-corrected chi connectivity index (χ2v) is 8.09. The van der Waals surface area contributed by atoms with E-state index in [1.165, 1.54) is 0 Å². The van der Waals surface area contributed by atoms with Gasteiger partial charge in [-0.25, -0.2) is 0 Å². The first-order valence-corrected chi connectivity index (χ1v) is 11.2. The van der Waals surface area contributed by atoms with Crippen LogP contribution in [0.15, 0.2) is 84.9 Å². The Kier molecular flexibility index (Phi) is 7.31. The molecule has 32 heavy (non-hydrogen) atoms. The van der Waals surface area contributed by atoms with Crippen molar-refractivity contribution in [3.63, 3.8) is 0 Å². The molecule has 0 bridgehead atoms. The van der Waals surface area contributed by atoms with Crippen molar-refractivity contribution in [3.8, 4) is 0 Å². The minimum atomic E-state index is -0.596. The summed E-state index contributed by atoms with van der Waals surface area (Å²) in [5.41, 5.74) is 3.69. The Morgan fingerprint density at radius 2 is 1.47 bits per heavy atom. The van der Waals surface area contributed by atoms with Gasteiger partial charge in [-0.15, -0.1) is 0 Å². The number of hydrogen-bond donors (Lipinski definition) is 2. The van der Waals surface area contributed by atoms with E-state index in [0.717, 1.165) is 43.0 Å². The van der Waals surface area contributed by atoms with Crippen molar-refractivity contribution in [1.29, 1.82) is 0 Å². The van der Waals surface area contributed by atoms with Gasteiger partial charge in [-0.3, -0.25) is 9.59 Å². The lowest BCUT2D eigenvalue weighted by atomic mass is 9.96. The van der Waals surface area contributed by atoms with Gasteiger partial charge >= 0.3 is 0 Å². The lowest BCUT2D eigenvalue weighted by Crippen LogP contribution is -2.45. The normalized spacial score (nSPS) is 14.6. The van der Waals surface area contributed by atoms with Gasteiger partial charge in [0.1, 0.15) is 0 Å². The number of hydrogen-bond acceptors (Lipinski definition) is 4. The van der Waals surface area contributed by atoms with Crippen LogP contribution in [0, 0.1) is 0 Å². The zero-order valence-electron chi connectivity index (χ0n) is 18.2. The Morgan fingerprint density at radius 1 is 0.844 bits per heavy atom. The molecule has 3 aromatic rings. The smallest absolute Gasteiger partial charge is 0.251 e. The average molecular weight is 428 g/mol. The van der Waals surface area contributed by atoms with Crippen LogP contribution in [0.3, 0.4) is 0 Å². The van der Waals surface area contributed by atoms with Gasteiger partial charge in [0.25, 0.3) is 5.91 Å². The van der Waals surface area contributed by atoms with Crippen LogP contribution in [0.4, 0.5) is 5.69 Å². The summed E-state index contributed by atoms with van der Waals surface area (Å²) in [7, 11) is 0. The molecule has 1 heterocycles. The lowest BCUT2D eigenvalue weighted by Gasteiger charge is -2.31. The fraction of sp³-hybridized carbons (Fsp3) is 0.259. The monoisotopic (exact) mass is 427 g/mol. The third-order valence-electron chi connectivity index (χ3n) is 5.83. The standard InChI is InChI=1S/C27H29N3O2/c31-26(20-23-13-7-8-14-25(23)30-17-15-28-16-18-30)24(19-21-9-3-1-4-10-21)29-27(32)22-11-5-2-6-12-22/h1-14,24,28H,15-20H2,(H,29,32). The number of carbonyl (C=O) groups excluding carboxylic acids is 2. The van der Waals surface area contributed by atoms with E-state index >= 15 is 0 Å². The van der Waals surface area contributed by atoms with Crippen LogP contribution in [-0.2, 0) is 17.6 Å². The topological polar surface area (TPSA) is 61.4 Å². The van der Waals surface area contributed by atoms with Gasteiger partial charge in [-0.05, 0) is 35.7 Å². The predicted octanol–water partition coefficient (Wildman–Crippen LogP) is 3.25. The van der Waals surface area contributed by atoms with E-state index in [-0.39, 0.29) is 18.1 Å². The van der Waals surface area contributed by atoms with E-state index in [0.29, 0.717) is 12.0 Å². The molecule has 4 rings (SSSR count). The number of benzene rings is 3. The summed E-state index contributed by atoms with van der Waals surface area (Å²) >= 11 is 0. The summed E-state index contributed by atoms with van der Waals surface area (Å²) < 4.78 is 0. The number of rotatable bonds is 8. The van der Waals surface area contributed by atoms with Gasteiger partial charge in [0.2, 0.25) is 0 Å².